The number of rotatable bonds is 4. The highest BCUT2D eigenvalue weighted by Crippen LogP contribution is 2.42. The minimum absolute atomic E-state index is 0.451. The summed E-state index contributed by atoms with van der Waals surface area (Å²) in [5.41, 5.74) is -0.822. The maximum absolute atomic E-state index is 12.7. The second-order valence-electron chi connectivity index (χ2n) is 6.09. The van der Waals surface area contributed by atoms with Crippen LogP contribution in [0.15, 0.2) is 85.0 Å². The topological polar surface area (TPSA) is 74.8 Å². The van der Waals surface area contributed by atoms with Crippen LogP contribution in [0.2, 0.25) is 0 Å². The van der Waals surface area contributed by atoms with Gasteiger partial charge in [0.15, 0.2) is 5.66 Å². The first-order valence-corrected chi connectivity index (χ1v) is 8.30. The molecule has 4 rings (SSSR count). The number of carbonyl (C=O) groups excluding carboxylic acids is 4. The van der Waals surface area contributed by atoms with E-state index in [1.807, 2.05) is 0 Å². The third-order valence-corrected chi connectivity index (χ3v) is 4.62. The van der Waals surface area contributed by atoms with Gasteiger partial charge in [-0.05, 0) is 0 Å². The van der Waals surface area contributed by atoms with Crippen LogP contribution in [0.5, 0.6) is 0 Å². The van der Waals surface area contributed by atoms with Crippen LogP contribution in [-0.2, 0) is 24.8 Å². The summed E-state index contributed by atoms with van der Waals surface area (Å²) in [6.07, 6.45) is 4.56. The van der Waals surface area contributed by atoms with Gasteiger partial charge >= 0.3 is 0 Å². The summed E-state index contributed by atoms with van der Waals surface area (Å²) in [6.45, 7) is 0. The van der Waals surface area contributed by atoms with Gasteiger partial charge in [0, 0.05) is 35.4 Å². The molecule has 0 fully saturated rings. The van der Waals surface area contributed by atoms with Gasteiger partial charge in [-0.2, -0.15) is 0 Å². The van der Waals surface area contributed by atoms with Gasteiger partial charge in [-0.1, -0.05) is 60.7 Å². The van der Waals surface area contributed by atoms with E-state index in [0.29, 0.717) is 11.1 Å². The third kappa shape index (κ3) is 2.34. The maximum Gasteiger partial charge on any atom is 0.256 e. The van der Waals surface area contributed by atoms with E-state index in [-0.39, 0.29) is 0 Å². The number of amides is 4. The summed E-state index contributed by atoms with van der Waals surface area (Å²) in [5, 5.41) is 0. The summed E-state index contributed by atoms with van der Waals surface area (Å²) in [4.78, 5) is 52.7. The number of imide groups is 2. The lowest BCUT2D eigenvalue weighted by Gasteiger charge is -2.46. The molecule has 0 aromatic heterocycles. The van der Waals surface area contributed by atoms with Gasteiger partial charge in [0.05, 0.1) is 0 Å². The molecule has 2 aliphatic rings. The molecule has 0 radical (unpaired) electrons. The molecule has 0 saturated heterocycles. The summed E-state index contributed by atoms with van der Waals surface area (Å²) in [7, 11) is 0. The molecule has 0 bridgehead atoms. The second kappa shape index (κ2) is 6.17. The number of benzene rings is 2. The molecule has 0 atom stereocenters. The molecule has 0 spiro atoms. The second-order valence-corrected chi connectivity index (χ2v) is 6.09. The minimum Gasteiger partial charge on any atom is -0.269 e. The van der Waals surface area contributed by atoms with Crippen molar-refractivity contribution in [3.8, 4) is 0 Å². The highest BCUT2D eigenvalue weighted by atomic mass is 16.2. The zero-order valence-electron chi connectivity index (χ0n) is 14.1. The Labute approximate surface area is 155 Å². The normalized spacial score (nSPS) is 16.7. The van der Waals surface area contributed by atoms with Gasteiger partial charge < -0.3 is 0 Å². The fourth-order valence-corrected chi connectivity index (χ4v) is 3.56. The third-order valence-electron chi connectivity index (χ3n) is 4.62. The van der Waals surface area contributed by atoms with Crippen molar-refractivity contribution in [2.45, 2.75) is 5.66 Å². The zero-order chi connectivity index (χ0) is 19.0. The Kier molecular flexibility index (Phi) is 3.81. The van der Waals surface area contributed by atoms with Crippen molar-refractivity contribution in [3.63, 3.8) is 0 Å². The molecule has 0 saturated carbocycles. The summed E-state index contributed by atoms with van der Waals surface area (Å²) in [5.74, 6) is -2.39. The van der Waals surface area contributed by atoms with Crippen LogP contribution in [0.1, 0.15) is 11.1 Å². The number of nitrogens with zero attached hydrogens (tertiary/aromatic N) is 2. The first-order chi connectivity index (χ1) is 13.1. The maximum atomic E-state index is 12.7. The minimum atomic E-state index is -1.72. The Morgan fingerprint density at radius 2 is 0.778 bits per heavy atom. The highest BCUT2D eigenvalue weighted by molar-refractivity contribution is 6.17. The predicted octanol–water partition coefficient (Wildman–Crippen LogP) is 1.74. The van der Waals surface area contributed by atoms with Crippen LogP contribution in [0, 0.1) is 0 Å². The van der Waals surface area contributed by atoms with Crippen LogP contribution < -0.4 is 0 Å². The SMILES string of the molecule is O=C1C=CC(=O)N1C(c1ccccc1)(c1ccccc1)N1C(=O)C=CC1=O. The van der Waals surface area contributed by atoms with E-state index in [2.05, 4.69) is 0 Å². The number of carbonyl (C=O) groups is 4. The lowest BCUT2D eigenvalue weighted by atomic mass is 9.87. The molecule has 2 heterocycles. The molecule has 132 valence electrons. The summed E-state index contributed by atoms with van der Waals surface area (Å²) in [6, 6.07) is 17.2. The Bertz CT molecular complexity index is 889. The average molecular weight is 358 g/mol. The molecule has 4 amide bonds. The van der Waals surface area contributed by atoms with Crippen LogP contribution in [0.25, 0.3) is 0 Å². The molecule has 6 heteroatoms. The van der Waals surface area contributed by atoms with Gasteiger partial charge in [0.25, 0.3) is 23.6 Å². The molecular formula is C21H14N2O4. The van der Waals surface area contributed by atoms with Crippen LogP contribution >= 0.6 is 0 Å². The molecule has 0 N–H and O–H groups in total. The summed E-state index contributed by atoms with van der Waals surface area (Å²) >= 11 is 0. The van der Waals surface area contributed by atoms with Crippen LogP contribution in [0.4, 0.5) is 0 Å². The van der Waals surface area contributed by atoms with Gasteiger partial charge in [0.2, 0.25) is 0 Å². The van der Waals surface area contributed by atoms with Crippen molar-refractivity contribution in [1.29, 1.82) is 0 Å². The molecule has 2 aromatic carbocycles. The van der Waals surface area contributed by atoms with E-state index in [0.717, 1.165) is 34.1 Å². The molecular weight excluding hydrogens is 344 g/mol. The molecule has 0 aliphatic carbocycles. The fourth-order valence-electron chi connectivity index (χ4n) is 3.56. The van der Waals surface area contributed by atoms with E-state index in [1.165, 1.54) is 0 Å². The zero-order valence-corrected chi connectivity index (χ0v) is 14.1. The van der Waals surface area contributed by atoms with E-state index in [4.69, 9.17) is 0 Å². The van der Waals surface area contributed by atoms with Crippen molar-refractivity contribution < 1.29 is 19.2 Å². The van der Waals surface area contributed by atoms with Crippen LogP contribution in [-0.4, -0.2) is 33.4 Å². The lowest BCUT2D eigenvalue weighted by Crippen LogP contribution is -2.62. The van der Waals surface area contributed by atoms with Gasteiger partial charge in [-0.15, -0.1) is 0 Å². The monoisotopic (exact) mass is 358 g/mol. The van der Waals surface area contributed by atoms with E-state index < -0.39 is 29.3 Å². The van der Waals surface area contributed by atoms with Crippen molar-refractivity contribution in [2.75, 3.05) is 0 Å². The van der Waals surface area contributed by atoms with Gasteiger partial charge in [-0.3, -0.25) is 19.2 Å². The van der Waals surface area contributed by atoms with E-state index >= 15 is 0 Å². The Balaban J connectivity index is 2.10. The standard InChI is InChI=1S/C21H14N2O4/c24-17-11-12-18(25)22(17)21(15-7-3-1-4-8-15,16-9-5-2-6-10-16)23-19(26)13-14-20(23)27/h1-14H. The van der Waals surface area contributed by atoms with E-state index in [9.17, 15) is 19.2 Å². The first-order valence-electron chi connectivity index (χ1n) is 8.30. The highest BCUT2D eigenvalue weighted by Gasteiger charge is 2.55. The molecule has 2 aromatic rings. The molecule has 0 unspecified atom stereocenters. The van der Waals surface area contributed by atoms with Crippen molar-refractivity contribution >= 4 is 23.6 Å². The van der Waals surface area contributed by atoms with Crippen LogP contribution in [0.3, 0.4) is 0 Å². The van der Waals surface area contributed by atoms with Crippen molar-refractivity contribution in [2.24, 2.45) is 0 Å². The van der Waals surface area contributed by atoms with Crippen molar-refractivity contribution in [3.05, 3.63) is 96.1 Å². The van der Waals surface area contributed by atoms with Gasteiger partial charge in [0.1, 0.15) is 0 Å². The fraction of sp³-hybridized carbons (Fsp3) is 0.0476. The van der Waals surface area contributed by atoms with Gasteiger partial charge in [-0.25, -0.2) is 9.80 Å². The first kappa shape index (κ1) is 16.7. The Hall–Kier alpha value is -3.80. The molecule has 27 heavy (non-hydrogen) atoms. The van der Waals surface area contributed by atoms with E-state index in [1.54, 1.807) is 60.7 Å². The Morgan fingerprint density at radius 3 is 1.07 bits per heavy atom. The quantitative estimate of drug-likeness (QED) is 0.781. The Morgan fingerprint density at radius 1 is 0.481 bits per heavy atom. The average Bonchev–Trinajstić information content (AvgIpc) is 3.21. The smallest absolute Gasteiger partial charge is 0.256 e. The number of hydrogen-bond acceptors (Lipinski definition) is 4. The largest absolute Gasteiger partial charge is 0.269 e. The lowest BCUT2D eigenvalue weighted by molar-refractivity contribution is -0.160. The summed E-state index contributed by atoms with van der Waals surface area (Å²) < 4.78 is 0. The molecule has 6 nitrogen and oxygen atoms in total. The predicted molar refractivity (Wildman–Crippen MR) is 95.7 cm³/mol. The number of hydrogen-bond donors (Lipinski definition) is 0. The molecule has 2 aliphatic heterocycles. The van der Waals surface area contributed by atoms with Crippen molar-refractivity contribution in [1.82, 2.24) is 9.80 Å².